The van der Waals surface area contributed by atoms with Crippen LogP contribution in [0.15, 0.2) is 10.7 Å². The van der Waals surface area contributed by atoms with Gasteiger partial charge in [0.15, 0.2) is 0 Å². The van der Waals surface area contributed by atoms with Gasteiger partial charge in [-0.2, -0.15) is 0 Å². The van der Waals surface area contributed by atoms with Gasteiger partial charge in [0.05, 0.1) is 5.16 Å². The summed E-state index contributed by atoms with van der Waals surface area (Å²) in [7, 11) is 0. The third-order valence-corrected chi connectivity index (χ3v) is 1.80. The summed E-state index contributed by atoms with van der Waals surface area (Å²) in [5.41, 5.74) is 3.62. The summed E-state index contributed by atoms with van der Waals surface area (Å²) in [6.07, 6.45) is 0. The fraction of sp³-hybridized carbons (Fsp3) is 0.375. The number of nitrogens with zero attached hydrogens (tertiary/aromatic N) is 3. The average Bonchev–Trinajstić information content (AvgIpc) is 2.33. The molecule has 62 valence electrons. The second kappa shape index (κ2) is 2.27. The molecule has 0 unspecified atom stereocenters. The van der Waals surface area contributed by atoms with E-state index in [1.807, 2.05) is 26.8 Å². The zero-order valence-corrected chi connectivity index (χ0v) is 7.33. The Morgan fingerprint density at radius 2 is 2.08 bits per heavy atom. The van der Waals surface area contributed by atoms with Crippen molar-refractivity contribution in [2.24, 2.45) is 0 Å². The van der Waals surface area contributed by atoms with Crippen LogP contribution in [0.25, 0.3) is 5.65 Å². The molecule has 0 spiro atoms. The quantitative estimate of drug-likeness (QED) is 0.539. The van der Waals surface area contributed by atoms with Crippen molar-refractivity contribution in [1.82, 2.24) is 10.1 Å². The summed E-state index contributed by atoms with van der Waals surface area (Å²) in [6, 6.07) is 1.96. The van der Waals surface area contributed by atoms with E-state index in [0.29, 0.717) is 0 Å². The third kappa shape index (κ3) is 0.879. The van der Waals surface area contributed by atoms with Crippen LogP contribution in [0.2, 0.25) is 0 Å². The Hall–Kier alpha value is -1.45. The van der Waals surface area contributed by atoms with Gasteiger partial charge in [-0.3, -0.25) is 0 Å². The maximum atomic E-state index is 5.04. The van der Waals surface area contributed by atoms with Crippen LogP contribution < -0.4 is 4.57 Å². The molecule has 2 aromatic rings. The molecule has 0 fully saturated rings. The van der Waals surface area contributed by atoms with Gasteiger partial charge < -0.3 is 0 Å². The van der Waals surface area contributed by atoms with E-state index in [-0.39, 0.29) is 0 Å². The van der Waals surface area contributed by atoms with Crippen LogP contribution in [-0.4, -0.2) is 10.1 Å². The highest BCUT2D eigenvalue weighted by Gasteiger charge is 2.16. The molecule has 2 heterocycles. The molecule has 2 aromatic heterocycles. The largest absolute Gasteiger partial charge is 0.343 e. The van der Waals surface area contributed by atoms with Gasteiger partial charge in [-0.05, 0) is 18.4 Å². The van der Waals surface area contributed by atoms with Crippen molar-refractivity contribution in [2.45, 2.75) is 20.8 Å². The first-order chi connectivity index (χ1) is 5.68. The van der Waals surface area contributed by atoms with E-state index in [1.54, 1.807) is 4.57 Å². The van der Waals surface area contributed by atoms with Gasteiger partial charge in [0.25, 0.3) is 0 Å². The number of hydrogen-bond acceptors (Lipinski definition) is 3. The van der Waals surface area contributed by atoms with E-state index in [9.17, 15) is 0 Å². The fourth-order valence-electron chi connectivity index (χ4n) is 1.25. The predicted molar refractivity (Wildman–Crippen MR) is 41.7 cm³/mol. The highest BCUT2D eigenvalue weighted by molar-refractivity contribution is 5.33. The van der Waals surface area contributed by atoms with Crippen LogP contribution in [0.3, 0.4) is 0 Å². The minimum atomic E-state index is 0.799. The van der Waals surface area contributed by atoms with Gasteiger partial charge in [-0.1, -0.05) is 0 Å². The monoisotopic (exact) mass is 164 g/mol. The van der Waals surface area contributed by atoms with Gasteiger partial charge in [0.2, 0.25) is 5.69 Å². The van der Waals surface area contributed by atoms with E-state index in [1.165, 1.54) is 0 Å². The standard InChI is InChI=1S/C8H10N3O/c1-5-4-6(2)11-8(9-5)7(3)10-12-11/h4H,1-3H3/q+1. The summed E-state index contributed by atoms with van der Waals surface area (Å²) < 4.78 is 6.67. The normalized spacial score (nSPS) is 10.9. The Kier molecular flexibility index (Phi) is 1.36. The smallest absolute Gasteiger partial charge is 0.134 e. The Labute approximate surface area is 69.8 Å². The molecule has 0 saturated heterocycles. The van der Waals surface area contributed by atoms with Crippen LogP contribution in [0.1, 0.15) is 17.1 Å². The van der Waals surface area contributed by atoms with Crippen molar-refractivity contribution in [3.63, 3.8) is 0 Å². The Balaban J connectivity index is 2.92. The number of aromatic nitrogens is 3. The summed E-state index contributed by atoms with van der Waals surface area (Å²) >= 11 is 0. The van der Waals surface area contributed by atoms with E-state index < -0.39 is 0 Å². The summed E-state index contributed by atoms with van der Waals surface area (Å²) in [5.74, 6) is 0. The maximum absolute atomic E-state index is 5.04. The second-order valence-corrected chi connectivity index (χ2v) is 2.92. The van der Waals surface area contributed by atoms with Gasteiger partial charge in [-0.25, -0.2) is 0 Å². The highest BCUT2D eigenvalue weighted by Crippen LogP contribution is 2.02. The molecule has 0 N–H and O–H groups in total. The van der Waals surface area contributed by atoms with E-state index in [2.05, 4.69) is 10.1 Å². The minimum absolute atomic E-state index is 0.799. The Bertz CT molecular complexity index is 433. The Morgan fingerprint density at radius 1 is 1.33 bits per heavy atom. The lowest BCUT2D eigenvalue weighted by Crippen LogP contribution is -2.24. The molecule has 0 aliphatic rings. The van der Waals surface area contributed by atoms with Crippen molar-refractivity contribution in [3.05, 3.63) is 23.1 Å². The molecule has 12 heavy (non-hydrogen) atoms. The lowest BCUT2D eigenvalue weighted by Gasteiger charge is -1.88. The maximum Gasteiger partial charge on any atom is 0.343 e. The molecule has 0 atom stereocenters. The highest BCUT2D eigenvalue weighted by atomic mass is 16.6. The number of hydrogen-bond donors (Lipinski definition) is 0. The topological polar surface area (TPSA) is 43.0 Å². The molecule has 0 bridgehead atoms. The lowest BCUT2D eigenvalue weighted by molar-refractivity contribution is -0.735. The second-order valence-electron chi connectivity index (χ2n) is 2.92. The summed E-state index contributed by atoms with van der Waals surface area (Å²) in [5, 5.41) is 3.82. The number of fused-ring (bicyclic) bond motifs is 1. The van der Waals surface area contributed by atoms with Crippen molar-refractivity contribution in [2.75, 3.05) is 0 Å². The molecular formula is C8H10N3O+. The van der Waals surface area contributed by atoms with Crippen LogP contribution in [0.4, 0.5) is 0 Å². The van der Waals surface area contributed by atoms with Crippen LogP contribution in [0.5, 0.6) is 0 Å². The SMILES string of the molecule is Cc1cc(C)[n+]2onc(C)c2n1. The first kappa shape index (κ1) is 7.21. The van der Waals surface area contributed by atoms with Crippen LogP contribution in [-0.2, 0) is 0 Å². The minimum Gasteiger partial charge on any atom is -0.134 e. The summed E-state index contributed by atoms with van der Waals surface area (Å²) in [6.45, 7) is 5.80. The first-order valence-electron chi connectivity index (χ1n) is 3.81. The van der Waals surface area contributed by atoms with Crippen LogP contribution >= 0.6 is 0 Å². The molecule has 4 heteroatoms. The average molecular weight is 164 g/mol. The van der Waals surface area contributed by atoms with Gasteiger partial charge in [-0.15, -0.1) is 9.61 Å². The molecule has 2 rings (SSSR count). The lowest BCUT2D eigenvalue weighted by atomic mass is 10.3. The molecular weight excluding hydrogens is 154 g/mol. The molecule has 4 nitrogen and oxygen atoms in total. The van der Waals surface area contributed by atoms with E-state index >= 15 is 0 Å². The summed E-state index contributed by atoms with van der Waals surface area (Å²) in [4.78, 5) is 4.30. The van der Waals surface area contributed by atoms with E-state index in [4.69, 9.17) is 4.63 Å². The zero-order chi connectivity index (χ0) is 8.72. The van der Waals surface area contributed by atoms with Crippen LogP contribution in [0, 0.1) is 20.8 Å². The van der Waals surface area contributed by atoms with Crippen molar-refractivity contribution in [1.29, 1.82) is 0 Å². The molecule has 0 aliphatic heterocycles. The first-order valence-corrected chi connectivity index (χ1v) is 3.81. The van der Waals surface area contributed by atoms with Crippen molar-refractivity contribution >= 4 is 5.65 Å². The third-order valence-electron chi connectivity index (χ3n) is 1.80. The fourth-order valence-corrected chi connectivity index (χ4v) is 1.25. The number of rotatable bonds is 0. The van der Waals surface area contributed by atoms with Crippen molar-refractivity contribution in [3.8, 4) is 0 Å². The van der Waals surface area contributed by atoms with Gasteiger partial charge in [0.1, 0.15) is 11.4 Å². The van der Waals surface area contributed by atoms with Crippen molar-refractivity contribution < 1.29 is 9.20 Å². The zero-order valence-electron chi connectivity index (χ0n) is 7.33. The van der Waals surface area contributed by atoms with Gasteiger partial charge in [0, 0.05) is 13.0 Å². The number of aryl methyl sites for hydroxylation is 3. The molecule has 0 aliphatic carbocycles. The van der Waals surface area contributed by atoms with E-state index in [0.717, 1.165) is 22.7 Å². The van der Waals surface area contributed by atoms with Gasteiger partial charge >= 0.3 is 5.65 Å². The molecule has 0 aromatic carbocycles. The molecule has 0 amide bonds. The molecule has 0 saturated carbocycles. The Morgan fingerprint density at radius 3 is 2.83 bits per heavy atom. The molecule has 0 radical (unpaired) electrons. The predicted octanol–water partition coefficient (Wildman–Crippen LogP) is 0.734.